The highest BCUT2D eigenvalue weighted by Gasteiger charge is 2.23. The Morgan fingerprint density at radius 1 is 1.42 bits per heavy atom. The number of nitrogens with zero attached hydrogens (tertiary/aromatic N) is 1. The van der Waals surface area contributed by atoms with Crippen LogP contribution < -0.4 is 5.32 Å². The number of aliphatic carboxylic acids is 1. The van der Waals surface area contributed by atoms with E-state index in [1.807, 2.05) is 6.92 Å². The zero-order valence-electron chi connectivity index (χ0n) is 11.7. The second-order valence-corrected chi connectivity index (χ2v) is 5.06. The lowest BCUT2D eigenvalue weighted by atomic mass is 10.1. The van der Waals surface area contributed by atoms with Crippen molar-refractivity contribution in [2.75, 3.05) is 20.2 Å². The Bertz CT molecular complexity index is 301. The molecule has 2 N–H and O–H groups in total. The third-order valence-corrected chi connectivity index (χ3v) is 3.46. The molecule has 110 valence electrons. The lowest BCUT2D eigenvalue weighted by Gasteiger charge is -2.32. The molecule has 0 saturated carbocycles. The molecule has 0 aromatic heterocycles. The van der Waals surface area contributed by atoms with Crippen molar-refractivity contribution in [3.8, 4) is 0 Å². The van der Waals surface area contributed by atoms with Crippen LogP contribution in [0.3, 0.4) is 0 Å². The van der Waals surface area contributed by atoms with Crippen LogP contribution in [-0.4, -0.2) is 54.4 Å². The summed E-state index contributed by atoms with van der Waals surface area (Å²) in [5.41, 5.74) is 0. The van der Waals surface area contributed by atoms with Gasteiger partial charge in [0.15, 0.2) is 0 Å². The predicted octanol–water partition coefficient (Wildman–Crippen LogP) is 1.45. The molecule has 1 rings (SSSR count). The molecule has 0 aromatic carbocycles. The Morgan fingerprint density at radius 2 is 2.05 bits per heavy atom. The van der Waals surface area contributed by atoms with Crippen molar-refractivity contribution in [3.05, 3.63) is 0 Å². The van der Waals surface area contributed by atoms with Gasteiger partial charge >= 0.3 is 12.0 Å². The average Bonchev–Trinajstić information content (AvgIpc) is 2.38. The summed E-state index contributed by atoms with van der Waals surface area (Å²) in [6, 6.07) is -0.0515. The first-order valence-electron chi connectivity index (χ1n) is 6.83. The first-order valence-corrected chi connectivity index (χ1v) is 6.83. The van der Waals surface area contributed by atoms with Gasteiger partial charge in [0.2, 0.25) is 0 Å². The Kier molecular flexibility index (Phi) is 6.62. The van der Waals surface area contributed by atoms with Crippen LogP contribution >= 0.6 is 0 Å². The third-order valence-electron chi connectivity index (χ3n) is 3.46. The van der Waals surface area contributed by atoms with E-state index >= 15 is 0 Å². The molecule has 1 saturated heterocycles. The number of urea groups is 1. The van der Waals surface area contributed by atoms with Crippen LogP contribution in [0.25, 0.3) is 0 Å². The molecule has 1 aliphatic heterocycles. The van der Waals surface area contributed by atoms with Crippen LogP contribution in [-0.2, 0) is 9.53 Å². The summed E-state index contributed by atoms with van der Waals surface area (Å²) in [5, 5.41) is 11.5. The topological polar surface area (TPSA) is 78.9 Å². The molecule has 0 aromatic rings. The zero-order valence-corrected chi connectivity index (χ0v) is 11.7. The number of methoxy groups -OCH3 is 1. The largest absolute Gasteiger partial charge is 0.481 e. The number of ether oxygens (including phenoxy) is 1. The van der Waals surface area contributed by atoms with E-state index in [1.54, 1.807) is 12.0 Å². The molecule has 0 radical (unpaired) electrons. The van der Waals surface area contributed by atoms with E-state index in [0.29, 0.717) is 25.9 Å². The fourth-order valence-electron chi connectivity index (χ4n) is 2.23. The number of piperidine rings is 1. The number of hydrogen-bond donors (Lipinski definition) is 2. The number of carboxylic acids is 1. The summed E-state index contributed by atoms with van der Waals surface area (Å²) in [6.45, 7) is 3.33. The van der Waals surface area contributed by atoms with Gasteiger partial charge in [-0.05, 0) is 32.6 Å². The van der Waals surface area contributed by atoms with Gasteiger partial charge in [-0.2, -0.15) is 0 Å². The van der Waals surface area contributed by atoms with E-state index in [1.165, 1.54) is 0 Å². The van der Waals surface area contributed by atoms with Gasteiger partial charge in [0.25, 0.3) is 0 Å². The fraction of sp³-hybridized carbons (Fsp3) is 0.846. The van der Waals surface area contributed by atoms with Crippen molar-refractivity contribution in [2.45, 2.75) is 51.2 Å². The van der Waals surface area contributed by atoms with Crippen molar-refractivity contribution >= 4 is 12.0 Å². The van der Waals surface area contributed by atoms with Gasteiger partial charge in [0.1, 0.15) is 0 Å². The smallest absolute Gasteiger partial charge is 0.317 e. The molecule has 1 fully saturated rings. The molecule has 2 amide bonds. The Balaban J connectivity index is 2.21. The van der Waals surface area contributed by atoms with E-state index in [4.69, 9.17) is 9.84 Å². The molecule has 0 bridgehead atoms. The molecule has 1 heterocycles. The first-order chi connectivity index (χ1) is 9.02. The van der Waals surface area contributed by atoms with Crippen molar-refractivity contribution in [1.29, 1.82) is 0 Å². The van der Waals surface area contributed by atoms with Crippen LogP contribution in [0.4, 0.5) is 4.79 Å². The highest BCUT2D eigenvalue weighted by Crippen LogP contribution is 2.13. The van der Waals surface area contributed by atoms with Gasteiger partial charge in [0.05, 0.1) is 6.10 Å². The molecule has 1 aliphatic rings. The number of carboxylic acid groups (broad SMARTS) is 1. The number of rotatable bonds is 6. The number of carbonyl (C=O) groups is 2. The molecule has 1 unspecified atom stereocenters. The van der Waals surface area contributed by atoms with E-state index in [-0.39, 0.29) is 24.6 Å². The molecule has 6 heteroatoms. The van der Waals surface area contributed by atoms with E-state index < -0.39 is 5.97 Å². The van der Waals surface area contributed by atoms with Crippen LogP contribution in [0.5, 0.6) is 0 Å². The van der Waals surface area contributed by atoms with Crippen LogP contribution in [0.2, 0.25) is 0 Å². The standard InChI is InChI=1S/C13H24N2O4/c1-10(4-3-5-12(16)17)14-13(18)15-8-6-11(19-2)7-9-15/h10-11H,3-9H2,1-2H3,(H,14,18)(H,16,17). The minimum Gasteiger partial charge on any atom is -0.481 e. The maximum absolute atomic E-state index is 12.0. The first kappa shape index (κ1) is 15.8. The zero-order chi connectivity index (χ0) is 14.3. The summed E-state index contributed by atoms with van der Waals surface area (Å²) < 4.78 is 5.26. The monoisotopic (exact) mass is 272 g/mol. The SMILES string of the molecule is COC1CCN(C(=O)NC(C)CCCC(=O)O)CC1. The summed E-state index contributed by atoms with van der Waals surface area (Å²) in [4.78, 5) is 24.2. The molecule has 1 atom stereocenters. The number of carbonyl (C=O) groups excluding carboxylic acids is 1. The number of hydrogen-bond acceptors (Lipinski definition) is 3. The quantitative estimate of drug-likeness (QED) is 0.767. The van der Waals surface area contributed by atoms with Crippen molar-refractivity contribution in [3.63, 3.8) is 0 Å². The highest BCUT2D eigenvalue weighted by atomic mass is 16.5. The minimum atomic E-state index is -0.792. The van der Waals surface area contributed by atoms with E-state index in [9.17, 15) is 9.59 Å². The molecular formula is C13H24N2O4. The Labute approximate surface area is 114 Å². The summed E-state index contributed by atoms with van der Waals surface area (Å²) >= 11 is 0. The second kappa shape index (κ2) is 7.99. The van der Waals surface area contributed by atoms with Crippen molar-refractivity contribution in [1.82, 2.24) is 10.2 Å². The van der Waals surface area contributed by atoms with Gasteiger partial charge in [0, 0.05) is 32.7 Å². The van der Waals surface area contributed by atoms with Gasteiger partial charge in [-0.25, -0.2) is 4.79 Å². The van der Waals surface area contributed by atoms with E-state index in [0.717, 1.165) is 12.8 Å². The maximum Gasteiger partial charge on any atom is 0.317 e. The van der Waals surface area contributed by atoms with Gasteiger partial charge in [-0.1, -0.05) is 0 Å². The molecule has 6 nitrogen and oxygen atoms in total. The molecule has 0 spiro atoms. The van der Waals surface area contributed by atoms with Crippen LogP contribution in [0.1, 0.15) is 39.0 Å². The molecule has 19 heavy (non-hydrogen) atoms. The van der Waals surface area contributed by atoms with Gasteiger partial charge in [-0.3, -0.25) is 4.79 Å². The molecule has 0 aliphatic carbocycles. The fourth-order valence-corrected chi connectivity index (χ4v) is 2.23. The lowest BCUT2D eigenvalue weighted by Crippen LogP contribution is -2.48. The van der Waals surface area contributed by atoms with Crippen molar-refractivity contribution in [2.24, 2.45) is 0 Å². The summed E-state index contributed by atoms with van der Waals surface area (Å²) in [5.74, 6) is -0.792. The van der Waals surface area contributed by atoms with Crippen molar-refractivity contribution < 1.29 is 19.4 Å². The third kappa shape index (κ3) is 5.92. The molecular weight excluding hydrogens is 248 g/mol. The van der Waals surface area contributed by atoms with Gasteiger partial charge in [-0.15, -0.1) is 0 Å². The Morgan fingerprint density at radius 3 is 2.58 bits per heavy atom. The van der Waals surface area contributed by atoms with Crippen LogP contribution in [0.15, 0.2) is 0 Å². The number of amides is 2. The Hall–Kier alpha value is -1.30. The average molecular weight is 272 g/mol. The normalized spacial score (nSPS) is 18.1. The lowest BCUT2D eigenvalue weighted by molar-refractivity contribution is -0.137. The summed E-state index contributed by atoms with van der Waals surface area (Å²) in [7, 11) is 1.70. The second-order valence-electron chi connectivity index (χ2n) is 5.06. The maximum atomic E-state index is 12.0. The highest BCUT2D eigenvalue weighted by molar-refractivity contribution is 5.74. The van der Waals surface area contributed by atoms with Gasteiger partial charge < -0.3 is 20.1 Å². The minimum absolute atomic E-state index is 0.00648. The summed E-state index contributed by atoms with van der Waals surface area (Å²) in [6.07, 6.45) is 3.43. The number of likely N-dealkylation sites (tertiary alicyclic amines) is 1. The van der Waals surface area contributed by atoms with Crippen LogP contribution in [0, 0.1) is 0 Å². The predicted molar refractivity (Wildman–Crippen MR) is 71.1 cm³/mol. The van der Waals surface area contributed by atoms with E-state index in [2.05, 4.69) is 5.32 Å². The number of nitrogens with one attached hydrogen (secondary N) is 1.